The number of carbonyl (C=O) groups is 1. The molecule has 1 fully saturated rings. The normalized spacial score (nSPS) is 21.8. The summed E-state index contributed by atoms with van der Waals surface area (Å²) in [6, 6.07) is 4.51. The first-order valence-electron chi connectivity index (χ1n) is 8.15. The summed E-state index contributed by atoms with van der Waals surface area (Å²) in [7, 11) is 2.16. The number of hydrogen-bond donors (Lipinski definition) is 2. The molecular weight excluding hydrogens is 310 g/mol. The van der Waals surface area contributed by atoms with Gasteiger partial charge in [0, 0.05) is 30.6 Å². The number of nitrogens with zero attached hydrogens (tertiary/aromatic N) is 2. The number of piperidine rings is 1. The molecule has 1 aliphatic heterocycles. The van der Waals surface area contributed by atoms with Crippen LogP contribution >= 0.6 is 11.3 Å². The molecule has 23 heavy (non-hydrogen) atoms. The van der Waals surface area contributed by atoms with E-state index in [1.807, 2.05) is 0 Å². The Morgan fingerprint density at radius 2 is 2.48 bits per heavy atom. The van der Waals surface area contributed by atoms with E-state index >= 15 is 0 Å². The second-order valence-electron chi connectivity index (χ2n) is 5.99. The highest BCUT2D eigenvalue weighted by Gasteiger charge is 2.31. The Hall–Kier alpha value is -1.37. The number of urea groups is 1. The molecule has 1 aromatic heterocycles. The predicted molar refractivity (Wildman–Crippen MR) is 94.7 cm³/mol. The van der Waals surface area contributed by atoms with Crippen LogP contribution in [-0.4, -0.2) is 60.8 Å². The van der Waals surface area contributed by atoms with Crippen molar-refractivity contribution < 1.29 is 9.90 Å². The fourth-order valence-corrected chi connectivity index (χ4v) is 4.25. The van der Waals surface area contributed by atoms with Gasteiger partial charge in [0.15, 0.2) is 0 Å². The topological polar surface area (TPSA) is 55.8 Å². The van der Waals surface area contributed by atoms with Crippen LogP contribution in [0.25, 0.3) is 0 Å². The molecule has 1 saturated heterocycles. The van der Waals surface area contributed by atoms with Gasteiger partial charge in [0.25, 0.3) is 0 Å². The van der Waals surface area contributed by atoms with Crippen LogP contribution in [-0.2, 0) is 0 Å². The lowest BCUT2D eigenvalue weighted by Gasteiger charge is -2.39. The summed E-state index contributed by atoms with van der Waals surface area (Å²) < 4.78 is 0. The minimum absolute atomic E-state index is 0.0365. The van der Waals surface area contributed by atoms with Crippen molar-refractivity contribution in [3.8, 4) is 0 Å². The first-order valence-corrected chi connectivity index (χ1v) is 9.03. The standard InChI is InChI=1S/C17H27N3O2S/c1-3-8-20(10-11-21)17(22)18-13-14-6-4-9-19(2)16(14)15-7-5-12-23-15/h3,5,7,12,14,16,21H,1,4,6,8-11,13H2,2H3,(H,18,22). The van der Waals surface area contributed by atoms with Gasteiger partial charge in [-0.2, -0.15) is 0 Å². The number of hydrogen-bond acceptors (Lipinski definition) is 4. The van der Waals surface area contributed by atoms with Crippen molar-refractivity contribution in [1.82, 2.24) is 15.1 Å². The number of aliphatic hydroxyl groups excluding tert-OH is 1. The highest BCUT2D eigenvalue weighted by Crippen LogP contribution is 2.36. The van der Waals surface area contributed by atoms with Gasteiger partial charge in [-0.15, -0.1) is 17.9 Å². The Bertz CT molecular complexity index is 492. The van der Waals surface area contributed by atoms with Crippen LogP contribution in [0.4, 0.5) is 4.79 Å². The van der Waals surface area contributed by atoms with Crippen LogP contribution in [0.5, 0.6) is 0 Å². The summed E-state index contributed by atoms with van der Waals surface area (Å²) in [6.45, 7) is 6.16. The van der Waals surface area contributed by atoms with Crippen LogP contribution < -0.4 is 5.32 Å². The molecule has 1 aromatic rings. The Morgan fingerprint density at radius 3 is 3.13 bits per heavy atom. The van der Waals surface area contributed by atoms with E-state index < -0.39 is 0 Å². The fraction of sp³-hybridized carbons (Fsp3) is 0.588. The van der Waals surface area contributed by atoms with Crippen LogP contribution in [0, 0.1) is 5.92 Å². The first kappa shape index (κ1) is 18.0. The third kappa shape index (κ3) is 4.80. The number of thiophene rings is 1. The largest absolute Gasteiger partial charge is 0.395 e. The van der Waals surface area contributed by atoms with Crippen molar-refractivity contribution >= 4 is 17.4 Å². The summed E-state index contributed by atoms with van der Waals surface area (Å²) in [4.78, 5) is 17.6. The Kier molecular flexibility index (Phi) is 7.08. The molecule has 2 atom stereocenters. The predicted octanol–water partition coefficient (Wildman–Crippen LogP) is 2.32. The molecule has 0 bridgehead atoms. The monoisotopic (exact) mass is 337 g/mol. The molecule has 0 saturated carbocycles. The Balaban J connectivity index is 1.96. The van der Waals surface area contributed by atoms with Gasteiger partial charge in [0.1, 0.15) is 0 Å². The van der Waals surface area contributed by atoms with Gasteiger partial charge < -0.3 is 15.3 Å². The Morgan fingerprint density at radius 1 is 1.65 bits per heavy atom. The van der Waals surface area contributed by atoms with Crippen molar-refractivity contribution in [2.45, 2.75) is 18.9 Å². The van der Waals surface area contributed by atoms with E-state index in [2.05, 4.69) is 41.4 Å². The van der Waals surface area contributed by atoms with Crippen molar-refractivity contribution in [3.63, 3.8) is 0 Å². The molecule has 2 heterocycles. The van der Waals surface area contributed by atoms with Crippen molar-refractivity contribution in [1.29, 1.82) is 0 Å². The number of likely N-dealkylation sites (tertiary alicyclic amines) is 1. The molecule has 2 rings (SSSR count). The maximum absolute atomic E-state index is 12.3. The maximum atomic E-state index is 12.3. The van der Waals surface area contributed by atoms with E-state index in [0.717, 1.165) is 19.4 Å². The van der Waals surface area contributed by atoms with Gasteiger partial charge >= 0.3 is 6.03 Å². The lowest BCUT2D eigenvalue weighted by atomic mass is 9.88. The highest BCUT2D eigenvalue weighted by atomic mass is 32.1. The minimum atomic E-state index is -0.128. The second-order valence-corrected chi connectivity index (χ2v) is 6.97. The summed E-state index contributed by atoms with van der Waals surface area (Å²) in [5, 5.41) is 14.2. The number of aliphatic hydroxyl groups is 1. The maximum Gasteiger partial charge on any atom is 0.317 e. The zero-order valence-electron chi connectivity index (χ0n) is 13.8. The number of amides is 2. The molecule has 0 aromatic carbocycles. The quantitative estimate of drug-likeness (QED) is 0.751. The summed E-state index contributed by atoms with van der Waals surface area (Å²) in [5.74, 6) is 0.413. The molecule has 128 valence electrons. The molecule has 6 heteroatoms. The second kappa shape index (κ2) is 9.05. The molecular formula is C17H27N3O2S. The molecule has 0 aliphatic carbocycles. The van der Waals surface area contributed by atoms with Crippen molar-refractivity contribution in [3.05, 3.63) is 35.0 Å². The lowest BCUT2D eigenvalue weighted by molar-refractivity contribution is 0.120. The fourth-order valence-electron chi connectivity index (χ4n) is 3.26. The third-order valence-electron chi connectivity index (χ3n) is 4.36. The average Bonchev–Trinajstić information content (AvgIpc) is 3.06. The van der Waals surface area contributed by atoms with Crippen molar-refractivity contribution in [2.24, 2.45) is 5.92 Å². The van der Waals surface area contributed by atoms with Gasteiger partial charge in [0.2, 0.25) is 0 Å². The van der Waals surface area contributed by atoms with Crippen LogP contribution in [0.1, 0.15) is 23.8 Å². The lowest BCUT2D eigenvalue weighted by Crippen LogP contribution is -2.46. The summed E-state index contributed by atoms with van der Waals surface area (Å²) in [5.41, 5.74) is 0. The molecule has 5 nitrogen and oxygen atoms in total. The van der Waals surface area contributed by atoms with E-state index in [0.29, 0.717) is 31.6 Å². The molecule has 2 N–H and O–H groups in total. The van der Waals surface area contributed by atoms with Crippen molar-refractivity contribution in [2.75, 3.05) is 39.8 Å². The zero-order chi connectivity index (χ0) is 16.7. The van der Waals surface area contributed by atoms with E-state index in [9.17, 15) is 4.79 Å². The van der Waals surface area contributed by atoms with E-state index in [-0.39, 0.29) is 12.6 Å². The first-order chi connectivity index (χ1) is 11.2. The number of nitrogens with one attached hydrogen (secondary N) is 1. The van der Waals surface area contributed by atoms with Crippen LogP contribution in [0.15, 0.2) is 30.2 Å². The van der Waals surface area contributed by atoms with Gasteiger partial charge in [-0.1, -0.05) is 12.1 Å². The molecule has 1 aliphatic rings. The van der Waals surface area contributed by atoms with Crippen LogP contribution in [0.3, 0.4) is 0 Å². The van der Waals surface area contributed by atoms with Crippen LogP contribution in [0.2, 0.25) is 0 Å². The summed E-state index contributed by atoms with van der Waals surface area (Å²) in [6.07, 6.45) is 3.96. The Labute approximate surface area is 142 Å². The smallest absolute Gasteiger partial charge is 0.317 e. The number of carbonyl (C=O) groups excluding carboxylic acids is 1. The average molecular weight is 337 g/mol. The van der Waals surface area contributed by atoms with Gasteiger partial charge in [-0.3, -0.25) is 4.90 Å². The van der Waals surface area contributed by atoms with E-state index in [4.69, 9.17) is 5.11 Å². The summed E-state index contributed by atoms with van der Waals surface area (Å²) >= 11 is 1.78. The third-order valence-corrected chi connectivity index (χ3v) is 5.31. The molecule has 2 amide bonds. The molecule has 0 radical (unpaired) electrons. The van der Waals surface area contributed by atoms with Gasteiger partial charge in [-0.05, 0) is 43.8 Å². The molecule has 2 unspecified atom stereocenters. The van der Waals surface area contributed by atoms with Gasteiger partial charge in [0.05, 0.1) is 6.61 Å². The SMILES string of the molecule is C=CCN(CCO)C(=O)NCC1CCCN(C)C1c1cccs1. The zero-order valence-corrected chi connectivity index (χ0v) is 14.6. The van der Waals surface area contributed by atoms with E-state index in [1.54, 1.807) is 22.3 Å². The van der Waals surface area contributed by atoms with Gasteiger partial charge in [-0.25, -0.2) is 4.79 Å². The number of rotatable bonds is 7. The minimum Gasteiger partial charge on any atom is -0.395 e. The van der Waals surface area contributed by atoms with E-state index in [1.165, 1.54) is 4.88 Å². The highest BCUT2D eigenvalue weighted by molar-refractivity contribution is 7.10. The molecule has 0 spiro atoms.